The summed E-state index contributed by atoms with van der Waals surface area (Å²) in [6, 6.07) is 6.75. The van der Waals surface area contributed by atoms with E-state index in [4.69, 9.17) is 4.74 Å². The van der Waals surface area contributed by atoms with Gasteiger partial charge in [0, 0.05) is 4.83 Å². The maximum Gasteiger partial charge on any atom is 0.122 e. The molecule has 0 radical (unpaired) electrons. The Kier molecular flexibility index (Phi) is 3.41. The number of rotatable bonds is 2. The van der Waals surface area contributed by atoms with Crippen LogP contribution in [0, 0.1) is 5.92 Å². The average Bonchev–Trinajstić information content (AvgIpc) is 2.91. The van der Waals surface area contributed by atoms with Gasteiger partial charge in [0.1, 0.15) is 5.75 Å². The van der Waals surface area contributed by atoms with E-state index < -0.39 is 0 Å². The molecular weight excluding hydrogens is 276 g/mol. The smallest absolute Gasteiger partial charge is 0.122 e. The van der Waals surface area contributed by atoms with Crippen molar-refractivity contribution >= 4 is 15.9 Å². The Morgan fingerprint density at radius 3 is 2.82 bits per heavy atom. The van der Waals surface area contributed by atoms with Crippen molar-refractivity contribution in [2.45, 2.75) is 43.4 Å². The summed E-state index contributed by atoms with van der Waals surface area (Å²) in [5.74, 6) is 1.93. The molecule has 0 bridgehead atoms. The second-order valence-electron chi connectivity index (χ2n) is 5.27. The second-order valence-corrected chi connectivity index (χ2v) is 6.25. The van der Waals surface area contributed by atoms with Crippen molar-refractivity contribution in [1.29, 1.82) is 0 Å². The lowest BCUT2D eigenvalue weighted by Crippen LogP contribution is -2.10. The van der Waals surface area contributed by atoms with Crippen LogP contribution in [0.5, 0.6) is 5.75 Å². The number of ether oxygens (including phenoxy) is 1. The van der Waals surface area contributed by atoms with E-state index in [1.807, 2.05) is 0 Å². The van der Waals surface area contributed by atoms with Gasteiger partial charge in [-0.05, 0) is 48.8 Å². The third kappa shape index (κ3) is 2.37. The lowest BCUT2D eigenvalue weighted by Gasteiger charge is -2.22. The van der Waals surface area contributed by atoms with E-state index in [1.165, 1.54) is 43.2 Å². The molecule has 2 aliphatic rings. The van der Waals surface area contributed by atoms with Gasteiger partial charge in [0.15, 0.2) is 0 Å². The molecule has 1 aliphatic heterocycles. The van der Waals surface area contributed by atoms with Crippen LogP contribution in [0.3, 0.4) is 0 Å². The zero-order valence-corrected chi connectivity index (χ0v) is 11.7. The van der Waals surface area contributed by atoms with E-state index >= 15 is 0 Å². The SMILES string of the molecule is BrC(c1ccc2c(c1)CCCO2)C1CCCC1. The van der Waals surface area contributed by atoms with Gasteiger partial charge in [-0.2, -0.15) is 0 Å². The Labute approximate surface area is 112 Å². The number of halogens is 1. The van der Waals surface area contributed by atoms with Crippen LogP contribution in [0.2, 0.25) is 0 Å². The number of fused-ring (bicyclic) bond motifs is 1. The molecule has 1 heterocycles. The van der Waals surface area contributed by atoms with Crippen LogP contribution >= 0.6 is 15.9 Å². The van der Waals surface area contributed by atoms with Crippen molar-refractivity contribution in [2.24, 2.45) is 5.92 Å². The van der Waals surface area contributed by atoms with Crippen LogP contribution in [0.1, 0.15) is 48.1 Å². The molecule has 1 unspecified atom stereocenters. The maximum absolute atomic E-state index is 5.67. The van der Waals surface area contributed by atoms with Gasteiger partial charge in [-0.25, -0.2) is 0 Å². The van der Waals surface area contributed by atoms with Crippen LogP contribution in [-0.2, 0) is 6.42 Å². The molecule has 0 saturated heterocycles. The highest BCUT2D eigenvalue weighted by Crippen LogP contribution is 2.42. The summed E-state index contributed by atoms with van der Waals surface area (Å²) in [6.07, 6.45) is 7.90. The highest BCUT2D eigenvalue weighted by Gasteiger charge is 2.25. The zero-order valence-electron chi connectivity index (χ0n) is 10.1. The maximum atomic E-state index is 5.67. The summed E-state index contributed by atoms with van der Waals surface area (Å²) < 4.78 is 5.67. The molecule has 92 valence electrons. The number of benzene rings is 1. The van der Waals surface area contributed by atoms with Crippen LogP contribution in [-0.4, -0.2) is 6.61 Å². The third-order valence-electron chi connectivity index (χ3n) is 4.06. The standard InChI is InChI=1S/C15H19BrO/c16-15(11-4-1-2-5-11)13-7-8-14-12(10-13)6-3-9-17-14/h7-8,10-11,15H,1-6,9H2. The summed E-state index contributed by atoms with van der Waals surface area (Å²) in [7, 11) is 0. The molecule has 1 saturated carbocycles. The lowest BCUT2D eigenvalue weighted by molar-refractivity contribution is 0.288. The predicted molar refractivity (Wildman–Crippen MR) is 73.9 cm³/mol. The number of hydrogen-bond donors (Lipinski definition) is 0. The van der Waals surface area contributed by atoms with E-state index in [0.717, 1.165) is 24.7 Å². The topological polar surface area (TPSA) is 9.23 Å². The van der Waals surface area contributed by atoms with Crippen LogP contribution in [0.4, 0.5) is 0 Å². The highest BCUT2D eigenvalue weighted by molar-refractivity contribution is 9.09. The minimum Gasteiger partial charge on any atom is -0.493 e. The fourth-order valence-corrected chi connectivity index (χ4v) is 3.89. The number of alkyl halides is 1. The van der Waals surface area contributed by atoms with Gasteiger partial charge in [-0.15, -0.1) is 0 Å². The molecule has 3 rings (SSSR count). The first-order valence-electron chi connectivity index (χ1n) is 6.74. The van der Waals surface area contributed by atoms with Gasteiger partial charge in [-0.3, -0.25) is 0 Å². The number of hydrogen-bond acceptors (Lipinski definition) is 1. The summed E-state index contributed by atoms with van der Waals surface area (Å²) in [4.78, 5) is 0.539. The fourth-order valence-electron chi connectivity index (χ4n) is 3.07. The van der Waals surface area contributed by atoms with Gasteiger partial charge >= 0.3 is 0 Å². The molecule has 1 aliphatic carbocycles. The van der Waals surface area contributed by atoms with Gasteiger partial charge in [-0.1, -0.05) is 40.9 Å². The van der Waals surface area contributed by atoms with Crippen molar-refractivity contribution in [3.05, 3.63) is 29.3 Å². The molecule has 0 aromatic heterocycles. The van der Waals surface area contributed by atoms with E-state index in [0.29, 0.717) is 4.83 Å². The monoisotopic (exact) mass is 294 g/mol. The summed E-state index contributed by atoms with van der Waals surface area (Å²) in [5.41, 5.74) is 2.84. The van der Waals surface area contributed by atoms with Gasteiger partial charge in [0.05, 0.1) is 6.61 Å². The first-order valence-corrected chi connectivity index (χ1v) is 7.66. The molecular formula is C15H19BrO. The van der Waals surface area contributed by atoms with Crippen molar-refractivity contribution in [3.8, 4) is 5.75 Å². The van der Waals surface area contributed by atoms with Gasteiger partial charge in [0.25, 0.3) is 0 Å². The van der Waals surface area contributed by atoms with Crippen molar-refractivity contribution < 1.29 is 4.74 Å². The molecule has 0 amide bonds. The minimum atomic E-state index is 0.539. The Balaban J connectivity index is 1.82. The Bertz CT molecular complexity index is 396. The molecule has 1 atom stereocenters. The lowest BCUT2D eigenvalue weighted by atomic mass is 9.95. The van der Waals surface area contributed by atoms with E-state index in [-0.39, 0.29) is 0 Å². The van der Waals surface area contributed by atoms with Crippen molar-refractivity contribution in [3.63, 3.8) is 0 Å². The molecule has 0 N–H and O–H groups in total. The molecule has 1 aromatic rings. The second kappa shape index (κ2) is 5.01. The largest absolute Gasteiger partial charge is 0.493 e. The third-order valence-corrected chi connectivity index (χ3v) is 5.34. The number of aryl methyl sites for hydroxylation is 1. The first kappa shape index (κ1) is 11.6. The van der Waals surface area contributed by atoms with Crippen molar-refractivity contribution in [2.75, 3.05) is 6.61 Å². The van der Waals surface area contributed by atoms with E-state index in [2.05, 4.69) is 34.1 Å². The quantitative estimate of drug-likeness (QED) is 0.722. The van der Waals surface area contributed by atoms with Gasteiger partial charge in [0.2, 0.25) is 0 Å². The molecule has 1 fully saturated rings. The summed E-state index contributed by atoms with van der Waals surface area (Å²) in [5, 5.41) is 0. The fraction of sp³-hybridized carbons (Fsp3) is 0.600. The van der Waals surface area contributed by atoms with E-state index in [9.17, 15) is 0 Å². The van der Waals surface area contributed by atoms with E-state index in [1.54, 1.807) is 0 Å². The Morgan fingerprint density at radius 1 is 1.18 bits per heavy atom. The Hall–Kier alpha value is -0.500. The minimum absolute atomic E-state index is 0.539. The van der Waals surface area contributed by atoms with Crippen LogP contribution in [0.15, 0.2) is 18.2 Å². The summed E-state index contributed by atoms with van der Waals surface area (Å²) >= 11 is 3.90. The normalized spacial score (nSPS) is 21.9. The zero-order chi connectivity index (χ0) is 11.7. The first-order chi connectivity index (χ1) is 8.34. The molecule has 1 aromatic carbocycles. The molecule has 2 heteroatoms. The Morgan fingerprint density at radius 2 is 2.00 bits per heavy atom. The molecule has 0 spiro atoms. The van der Waals surface area contributed by atoms with Gasteiger partial charge < -0.3 is 4.74 Å². The molecule has 17 heavy (non-hydrogen) atoms. The predicted octanol–water partition coefficient (Wildman–Crippen LogP) is 4.64. The average molecular weight is 295 g/mol. The highest BCUT2D eigenvalue weighted by atomic mass is 79.9. The van der Waals surface area contributed by atoms with Crippen LogP contribution in [0.25, 0.3) is 0 Å². The van der Waals surface area contributed by atoms with Crippen LogP contribution < -0.4 is 4.74 Å². The summed E-state index contributed by atoms with van der Waals surface area (Å²) in [6.45, 7) is 0.882. The molecule has 1 nitrogen and oxygen atoms in total. The van der Waals surface area contributed by atoms with Crippen molar-refractivity contribution in [1.82, 2.24) is 0 Å².